The van der Waals surface area contributed by atoms with Crippen LogP contribution in [-0.4, -0.2) is 41.6 Å². The molecule has 0 amide bonds. The van der Waals surface area contributed by atoms with Crippen LogP contribution in [0.2, 0.25) is 0 Å². The first-order valence-corrected chi connectivity index (χ1v) is 6.77. The average molecular weight is 450 g/mol. The highest BCUT2D eigenvalue weighted by atomic mass is 127. The zero-order chi connectivity index (χ0) is 12.0. The van der Waals surface area contributed by atoms with Crippen LogP contribution in [0.5, 0.6) is 0 Å². The molecule has 0 N–H and O–H groups in total. The Hall–Kier alpha value is -0.660. The lowest BCUT2D eigenvalue weighted by Gasteiger charge is -1.99. The summed E-state index contributed by atoms with van der Waals surface area (Å²) in [4.78, 5) is 22.2. The van der Waals surface area contributed by atoms with Gasteiger partial charge >= 0.3 is 11.9 Å². The summed E-state index contributed by atoms with van der Waals surface area (Å²) in [5.41, 5.74) is 0. The normalized spacial score (nSPS) is 9.62. The van der Waals surface area contributed by atoms with Crippen molar-refractivity contribution in [1.82, 2.24) is 20.4 Å². The van der Waals surface area contributed by atoms with E-state index in [1.54, 1.807) is 0 Å². The Kier molecular flexibility index (Phi) is 5.72. The summed E-state index contributed by atoms with van der Waals surface area (Å²) in [5, 5.41) is 13.6. The fraction of sp³-hybridized carbons (Fsp3) is 0.333. The summed E-state index contributed by atoms with van der Waals surface area (Å²) in [5.74, 6) is -2.10. The maximum absolute atomic E-state index is 11.1. The van der Waals surface area contributed by atoms with Crippen LogP contribution in [0.3, 0.4) is 0 Å². The van der Waals surface area contributed by atoms with E-state index in [1.165, 1.54) is 0 Å². The van der Waals surface area contributed by atoms with Crippen LogP contribution >= 0.6 is 45.2 Å². The fourth-order valence-electron chi connectivity index (χ4n) is 0.621. The molecule has 0 aromatic carbocycles. The third kappa shape index (κ3) is 3.73. The van der Waals surface area contributed by atoms with Crippen LogP contribution in [-0.2, 0) is 9.47 Å². The minimum absolute atomic E-state index is 0.165. The third-order valence-corrected chi connectivity index (χ3v) is 1.84. The molecule has 0 radical (unpaired) electrons. The molecular weight excluding hydrogens is 446 g/mol. The first-order valence-electron chi connectivity index (χ1n) is 3.72. The minimum Gasteiger partial charge on any atom is -0.449 e. The second-order valence-electron chi connectivity index (χ2n) is 2.13. The van der Waals surface area contributed by atoms with Gasteiger partial charge in [-0.25, -0.2) is 9.59 Å². The van der Waals surface area contributed by atoms with E-state index in [9.17, 15) is 9.59 Å². The first kappa shape index (κ1) is 13.4. The number of aromatic nitrogens is 4. The molecule has 0 fully saturated rings. The van der Waals surface area contributed by atoms with Crippen molar-refractivity contribution in [3.8, 4) is 0 Å². The van der Waals surface area contributed by atoms with Crippen molar-refractivity contribution in [1.29, 1.82) is 0 Å². The number of ether oxygens (including phenoxy) is 2. The summed E-state index contributed by atoms with van der Waals surface area (Å²) in [7, 11) is 0. The largest absolute Gasteiger partial charge is 0.449 e. The van der Waals surface area contributed by atoms with Crippen LogP contribution in [0.15, 0.2) is 0 Å². The molecule has 0 unspecified atom stereocenters. The van der Waals surface area contributed by atoms with Crippen LogP contribution in [0.1, 0.15) is 21.2 Å². The zero-order valence-electron chi connectivity index (χ0n) is 7.59. The summed E-state index contributed by atoms with van der Waals surface area (Å²) in [6.45, 7) is 0. The molecule has 16 heavy (non-hydrogen) atoms. The van der Waals surface area contributed by atoms with Gasteiger partial charge in [0.25, 0.3) is 11.6 Å². The Bertz CT molecular complexity index is 348. The molecule has 0 atom stereocenters. The van der Waals surface area contributed by atoms with Crippen LogP contribution < -0.4 is 0 Å². The van der Waals surface area contributed by atoms with Gasteiger partial charge in [0, 0.05) is 0 Å². The Morgan fingerprint density at radius 3 is 1.44 bits per heavy atom. The van der Waals surface area contributed by atoms with Crippen LogP contribution in [0.25, 0.3) is 0 Å². The Balaban J connectivity index is 2.75. The Labute approximate surface area is 117 Å². The molecule has 8 nitrogen and oxygen atoms in total. The predicted octanol–water partition coefficient (Wildman–Crippen LogP) is 0.365. The van der Waals surface area contributed by atoms with Gasteiger partial charge in [-0.05, 0) is 45.2 Å². The summed E-state index contributed by atoms with van der Waals surface area (Å²) in [6, 6.07) is 0. The molecule has 1 aromatic rings. The lowest BCUT2D eigenvalue weighted by molar-refractivity contribution is 0.0547. The van der Waals surface area contributed by atoms with Gasteiger partial charge in [0.05, 0.1) is 0 Å². The summed E-state index contributed by atoms with van der Waals surface area (Å²) >= 11 is 3.69. The molecule has 1 rings (SSSR count). The first-order chi connectivity index (χ1) is 7.69. The van der Waals surface area contributed by atoms with Crippen molar-refractivity contribution in [2.24, 2.45) is 0 Å². The lowest BCUT2D eigenvalue weighted by atomic mass is 10.6. The topological polar surface area (TPSA) is 104 Å². The number of hydrogen-bond acceptors (Lipinski definition) is 8. The number of halogens is 2. The average Bonchev–Trinajstić information content (AvgIpc) is 2.30. The molecule has 1 heterocycles. The molecule has 0 aliphatic carbocycles. The van der Waals surface area contributed by atoms with E-state index in [1.807, 2.05) is 45.2 Å². The summed E-state index contributed by atoms with van der Waals surface area (Å²) < 4.78 is 9.53. The monoisotopic (exact) mass is 450 g/mol. The van der Waals surface area contributed by atoms with E-state index in [-0.39, 0.29) is 20.9 Å². The van der Waals surface area contributed by atoms with Crippen molar-refractivity contribution in [3.63, 3.8) is 0 Å². The van der Waals surface area contributed by atoms with Crippen molar-refractivity contribution >= 4 is 57.1 Å². The maximum atomic E-state index is 11.1. The molecule has 0 spiro atoms. The molecule has 0 bridgehead atoms. The minimum atomic E-state index is -0.747. The van der Waals surface area contributed by atoms with E-state index >= 15 is 0 Å². The highest BCUT2D eigenvalue weighted by molar-refractivity contribution is 14.1. The maximum Gasteiger partial charge on any atom is 0.380 e. The lowest BCUT2D eigenvalue weighted by Crippen LogP contribution is -2.17. The van der Waals surface area contributed by atoms with Crippen molar-refractivity contribution < 1.29 is 19.1 Å². The van der Waals surface area contributed by atoms with Gasteiger partial charge in [0.15, 0.2) is 0 Å². The number of rotatable bonds is 4. The SMILES string of the molecule is O=C(OCI)c1nnc(C(=O)OCI)nn1. The highest BCUT2D eigenvalue weighted by Gasteiger charge is 2.16. The molecule has 0 saturated carbocycles. The van der Waals surface area contributed by atoms with E-state index in [4.69, 9.17) is 0 Å². The smallest absolute Gasteiger partial charge is 0.380 e. The number of alkyl halides is 2. The number of hydrogen-bond donors (Lipinski definition) is 0. The number of esters is 2. The summed E-state index contributed by atoms with van der Waals surface area (Å²) in [6.07, 6.45) is 0. The highest BCUT2D eigenvalue weighted by Crippen LogP contribution is 1.96. The second kappa shape index (κ2) is 6.82. The van der Waals surface area contributed by atoms with Gasteiger partial charge < -0.3 is 9.47 Å². The number of carbonyl (C=O) groups is 2. The van der Waals surface area contributed by atoms with Gasteiger partial charge in [-0.15, -0.1) is 20.4 Å². The Morgan fingerprint density at radius 1 is 0.875 bits per heavy atom. The number of carbonyl (C=O) groups excluding carboxylic acids is 2. The second-order valence-corrected chi connectivity index (χ2v) is 3.37. The van der Waals surface area contributed by atoms with E-state index in [0.29, 0.717) is 0 Å². The Morgan fingerprint density at radius 2 is 1.19 bits per heavy atom. The molecule has 0 aliphatic heterocycles. The standard InChI is InChI=1S/C6H4I2N4O4/c7-1-15-5(13)3-9-11-4(12-10-3)6(14)16-2-8/h1-2H2. The quantitative estimate of drug-likeness (QED) is 0.369. The fourth-order valence-corrected chi connectivity index (χ4v) is 1.19. The van der Waals surface area contributed by atoms with Gasteiger partial charge in [0.1, 0.15) is 9.23 Å². The van der Waals surface area contributed by atoms with Crippen LogP contribution in [0.4, 0.5) is 0 Å². The van der Waals surface area contributed by atoms with Crippen molar-refractivity contribution in [3.05, 3.63) is 11.6 Å². The molecule has 1 aromatic heterocycles. The molecule has 10 heteroatoms. The number of nitrogens with zero attached hydrogens (tertiary/aromatic N) is 4. The third-order valence-electron chi connectivity index (χ3n) is 1.22. The van der Waals surface area contributed by atoms with E-state index in [0.717, 1.165) is 0 Å². The van der Waals surface area contributed by atoms with Crippen LogP contribution in [0, 0.1) is 0 Å². The molecular formula is C6H4I2N4O4. The molecule has 0 saturated heterocycles. The van der Waals surface area contributed by atoms with E-state index in [2.05, 4.69) is 29.9 Å². The van der Waals surface area contributed by atoms with Crippen molar-refractivity contribution in [2.45, 2.75) is 0 Å². The predicted molar refractivity (Wildman–Crippen MR) is 66.2 cm³/mol. The van der Waals surface area contributed by atoms with E-state index < -0.39 is 11.9 Å². The van der Waals surface area contributed by atoms with Gasteiger partial charge in [-0.2, -0.15) is 0 Å². The van der Waals surface area contributed by atoms with Gasteiger partial charge in [-0.1, -0.05) is 0 Å². The molecule has 86 valence electrons. The zero-order valence-corrected chi connectivity index (χ0v) is 11.9. The van der Waals surface area contributed by atoms with Gasteiger partial charge in [-0.3, -0.25) is 0 Å². The van der Waals surface area contributed by atoms with Crippen molar-refractivity contribution in [2.75, 3.05) is 9.23 Å². The molecule has 0 aliphatic rings. The van der Waals surface area contributed by atoms with Gasteiger partial charge in [0.2, 0.25) is 0 Å².